The van der Waals surface area contributed by atoms with Gasteiger partial charge in [-0.25, -0.2) is 0 Å². The number of nitro benzene ring substituents is 1. The number of rotatable bonds is 5. The average Bonchev–Trinajstić information content (AvgIpc) is 2.46. The van der Waals surface area contributed by atoms with E-state index in [9.17, 15) is 20.0 Å². The summed E-state index contributed by atoms with van der Waals surface area (Å²) < 4.78 is 0. The van der Waals surface area contributed by atoms with Gasteiger partial charge in [-0.05, 0) is 25.0 Å². The van der Waals surface area contributed by atoms with Crippen molar-refractivity contribution < 1.29 is 14.8 Å². The van der Waals surface area contributed by atoms with E-state index in [0.717, 1.165) is 19.3 Å². The Labute approximate surface area is 117 Å². The molecule has 6 heteroatoms. The minimum atomic E-state index is -0.758. The standard InChI is InChI=1S/C14H18N2O4/c17-13(18)14(8-2-1-3-9-14)10-15-11-4-6-12(7-5-11)16(19)20/h4-7,15H,1-3,8-10H2,(H,17,18). The van der Waals surface area contributed by atoms with Crippen LogP contribution in [-0.4, -0.2) is 22.5 Å². The Kier molecular flexibility index (Phi) is 4.22. The van der Waals surface area contributed by atoms with Gasteiger partial charge in [-0.1, -0.05) is 19.3 Å². The van der Waals surface area contributed by atoms with Gasteiger partial charge in [0.1, 0.15) is 0 Å². The van der Waals surface area contributed by atoms with Gasteiger partial charge in [-0.15, -0.1) is 0 Å². The number of anilines is 1. The molecule has 2 N–H and O–H groups in total. The summed E-state index contributed by atoms with van der Waals surface area (Å²) in [6.45, 7) is 0.361. The molecule has 0 saturated heterocycles. The molecule has 0 aromatic heterocycles. The van der Waals surface area contributed by atoms with E-state index < -0.39 is 16.3 Å². The summed E-state index contributed by atoms with van der Waals surface area (Å²) in [7, 11) is 0. The first-order valence-electron chi connectivity index (χ1n) is 6.75. The number of nitrogens with zero attached hydrogens (tertiary/aromatic N) is 1. The van der Waals surface area contributed by atoms with Crippen molar-refractivity contribution in [1.29, 1.82) is 0 Å². The molecular formula is C14H18N2O4. The molecule has 0 radical (unpaired) electrons. The van der Waals surface area contributed by atoms with Crippen molar-refractivity contribution in [2.24, 2.45) is 5.41 Å². The summed E-state index contributed by atoms with van der Waals surface area (Å²) in [5, 5.41) is 23.1. The van der Waals surface area contributed by atoms with Crippen LogP contribution in [0, 0.1) is 15.5 Å². The Morgan fingerprint density at radius 2 is 1.85 bits per heavy atom. The van der Waals surface area contributed by atoms with Crippen LogP contribution < -0.4 is 5.32 Å². The van der Waals surface area contributed by atoms with Crippen molar-refractivity contribution in [3.05, 3.63) is 34.4 Å². The van der Waals surface area contributed by atoms with E-state index in [1.54, 1.807) is 12.1 Å². The fourth-order valence-corrected chi connectivity index (χ4v) is 2.67. The second-order valence-corrected chi connectivity index (χ2v) is 5.30. The summed E-state index contributed by atoms with van der Waals surface area (Å²) in [5.74, 6) is -0.758. The molecule has 1 aliphatic rings. The molecule has 1 aliphatic carbocycles. The second-order valence-electron chi connectivity index (χ2n) is 5.30. The molecule has 0 bridgehead atoms. The highest BCUT2D eigenvalue weighted by atomic mass is 16.6. The van der Waals surface area contributed by atoms with Gasteiger partial charge in [0, 0.05) is 24.4 Å². The lowest BCUT2D eigenvalue weighted by Gasteiger charge is -2.33. The van der Waals surface area contributed by atoms with E-state index in [-0.39, 0.29) is 5.69 Å². The Morgan fingerprint density at radius 1 is 1.25 bits per heavy atom. The maximum atomic E-state index is 11.5. The summed E-state index contributed by atoms with van der Waals surface area (Å²) in [5.41, 5.74) is 0.0305. The molecule has 1 fully saturated rings. The summed E-state index contributed by atoms with van der Waals surface area (Å²) in [6, 6.07) is 6.04. The first-order chi connectivity index (χ1) is 9.53. The maximum absolute atomic E-state index is 11.5. The van der Waals surface area contributed by atoms with Crippen LogP contribution in [0.15, 0.2) is 24.3 Å². The fourth-order valence-electron chi connectivity index (χ4n) is 2.67. The third-order valence-corrected chi connectivity index (χ3v) is 3.97. The van der Waals surface area contributed by atoms with Gasteiger partial charge in [-0.2, -0.15) is 0 Å². The van der Waals surface area contributed by atoms with Gasteiger partial charge in [0.05, 0.1) is 10.3 Å². The lowest BCUT2D eigenvalue weighted by atomic mass is 9.74. The molecule has 0 aliphatic heterocycles. The molecule has 0 spiro atoms. The smallest absolute Gasteiger partial charge is 0.311 e. The number of nitro groups is 1. The third kappa shape index (κ3) is 3.07. The van der Waals surface area contributed by atoms with Crippen molar-refractivity contribution in [2.75, 3.05) is 11.9 Å². The van der Waals surface area contributed by atoms with E-state index in [1.807, 2.05) is 0 Å². The Morgan fingerprint density at radius 3 is 2.35 bits per heavy atom. The number of hydrogen-bond acceptors (Lipinski definition) is 4. The van der Waals surface area contributed by atoms with Gasteiger partial charge < -0.3 is 10.4 Å². The minimum Gasteiger partial charge on any atom is -0.481 e. The second kappa shape index (κ2) is 5.90. The van der Waals surface area contributed by atoms with Crippen molar-refractivity contribution in [3.63, 3.8) is 0 Å². The molecule has 1 aromatic rings. The average molecular weight is 278 g/mol. The number of carboxylic acid groups (broad SMARTS) is 1. The first kappa shape index (κ1) is 14.3. The predicted molar refractivity (Wildman–Crippen MR) is 74.7 cm³/mol. The zero-order valence-corrected chi connectivity index (χ0v) is 11.2. The quantitative estimate of drug-likeness (QED) is 0.638. The lowest BCUT2D eigenvalue weighted by Crippen LogP contribution is -2.39. The number of nitrogens with one attached hydrogen (secondary N) is 1. The molecule has 0 amide bonds. The van der Waals surface area contributed by atoms with Gasteiger partial charge >= 0.3 is 5.97 Å². The predicted octanol–water partition coefficient (Wildman–Crippen LogP) is 3.04. The van der Waals surface area contributed by atoms with E-state index in [2.05, 4.69) is 5.32 Å². The van der Waals surface area contributed by atoms with E-state index >= 15 is 0 Å². The van der Waals surface area contributed by atoms with Crippen LogP contribution in [0.25, 0.3) is 0 Å². The third-order valence-electron chi connectivity index (χ3n) is 3.97. The van der Waals surface area contributed by atoms with E-state index in [0.29, 0.717) is 25.1 Å². The minimum absolute atomic E-state index is 0.0289. The van der Waals surface area contributed by atoms with Crippen LogP contribution in [0.1, 0.15) is 32.1 Å². The molecule has 20 heavy (non-hydrogen) atoms. The molecule has 2 rings (SSSR count). The molecule has 1 aromatic carbocycles. The van der Waals surface area contributed by atoms with Crippen LogP contribution in [0.2, 0.25) is 0 Å². The zero-order chi connectivity index (χ0) is 14.6. The number of carboxylic acids is 1. The normalized spacial score (nSPS) is 17.4. The van der Waals surface area contributed by atoms with E-state index in [1.165, 1.54) is 12.1 Å². The van der Waals surface area contributed by atoms with Gasteiger partial charge in [-0.3, -0.25) is 14.9 Å². The maximum Gasteiger partial charge on any atom is 0.311 e. The van der Waals surface area contributed by atoms with Crippen LogP contribution >= 0.6 is 0 Å². The van der Waals surface area contributed by atoms with Crippen LogP contribution in [0.4, 0.5) is 11.4 Å². The highest BCUT2D eigenvalue weighted by molar-refractivity contribution is 5.75. The largest absolute Gasteiger partial charge is 0.481 e. The van der Waals surface area contributed by atoms with Gasteiger partial charge in [0.15, 0.2) is 0 Å². The zero-order valence-electron chi connectivity index (χ0n) is 11.2. The fraction of sp³-hybridized carbons (Fsp3) is 0.500. The van der Waals surface area contributed by atoms with Gasteiger partial charge in [0.2, 0.25) is 0 Å². The summed E-state index contributed by atoms with van der Waals surface area (Å²) in [4.78, 5) is 21.6. The molecule has 1 saturated carbocycles. The van der Waals surface area contributed by atoms with Crippen molar-refractivity contribution in [1.82, 2.24) is 0 Å². The summed E-state index contributed by atoms with van der Waals surface area (Å²) in [6.07, 6.45) is 4.33. The number of benzene rings is 1. The molecule has 108 valence electrons. The Hall–Kier alpha value is -2.11. The Balaban J connectivity index is 2.02. The number of hydrogen-bond donors (Lipinski definition) is 2. The molecule has 0 unspecified atom stereocenters. The Bertz CT molecular complexity index is 492. The highest BCUT2D eigenvalue weighted by Gasteiger charge is 2.39. The van der Waals surface area contributed by atoms with Crippen molar-refractivity contribution in [3.8, 4) is 0 Å². The number of non-ortho nitro benzene ring substituents is 1. The lowest BCUT2D eigenvalue weighted by molar-refractivity contribution is -0.384. The van der Waals surface area contributed by atoms with Crippen LogP contribution in [0.5, 0.6) is 0 Å². The van der Waals surface area contributed by atoms with E-state index in [4.69, 9.17) is 0 Å². The topological polar surface area (TPSA) is 92.5 Å². The molecule has 6 nitrogen and oxygen atoms in total. The monoisotopic (exact) mass is 278 g/mol. The highest BCUT2D eigenvalue weighted by Crippen LogP contribution is 2.36. The van der Waals surface area contributed by atoms with Crippen LogP contribution in [-0.2, 0) is 4.79 Å². The van der Waals surface area contributed by atoms with Crippen LogP contribution in [0.3, 0.4) is 0 Å². The SMILES string of the molecule is O=C(O)C1(CNc2ccc([N+](=O)[O-])cc2)CCCCC1. The molecular weight excluding hydrogens is 260 g/mol. The van der Waals surface area contributed by atoms with Crippen molar-refractivity contribution >= 4 is 17.3 Å². The number of carbonyl (C=O) groups is 1. The first-order valence-corrected chi connectivity index (χ1v) is 6.75. The van der Waals surface area contributed by atoms with Gasteiger partial charge in [0.25, 0.3) is 5.69 Å². The molecule has 0 heterocycles. The molecule has 0 atom stereocenters. The summed E-state index contributed by atoms with van der Waals surface area (Å²) >= 11 is 0. The van der Waals surface area contributed by atoms with Crippen molar-refractivity contribution in [2.45, 2.75) is 32.1 Å². The number of aliphatic carboxylic acids is 1.